The van der Waals surface area contributed by atoms with Crippen LogP contribution in [0.3, 0.4) is 0 Å². The van der Waals surface area contributed by atoms with E-state index in [9.17, 15) is 14.4 Å². The summed E-state index contributed by atoms with van der Waals surface area (Å²) in [5, 5.41) is 6.42. The summed E-state index contributed by atoms with van der Waals surface area (Å²) in [4.78, 5) is 38.3. The van der Waals surface area contributed by atoms with Gasteiger partial charge in [0.1, 0.15) is 12.1 Å². The Balaban J connectivity index is 1.63. The molecule has 2 fully saturated rings. The first-order chi connectivity index (χ1) is 12.3. The number of urea groups is 1. The minimum Gasteiger partial charge on any atom is -0.348 e. The van der Waals surface area contributed by atoms with Gasteiger partial charge in [0, 0.05) is 0 Å². The zero-order valence-electron chi connectivity index (χ0n) is 14.5. The maximum Gasteiger partial charge on any atom is 0.325 e. The molecule has 1 aliphatic carbocycles. The van der Waals surface area contributed by atoms with Gasteiger partial charge in [0.15, 0.2) is 0 Å². The number of carbonyl (C=O) groups excluding carboxylic acids is 3. The van der Waals surface area contributed by atoms with Crippen molar-refractivity contribution in [2.24, 2.45) is 0 Å². The van der Waals surface area contributed by atoms with E-state index < -0.39 is 17.5 Å². The van der Waals surface area contributed by atoms with Crippen molar-refractivity contribution >= 4 is 41.0 Å². The zero-order chi connectivity index (χ0) is 18.9. The molecule has 140 valence electrons. The predicted octanol–water partition coefficient (Wildman–Crippen LogP) is 3.43. The summed E-state index contributed by atoms with van der Waals surface area (Å²) in [6, 6.07) is 4.28. The van der Waals surface area contributed by atoms with Crippen molar-refractivity contribution in [2.75, 3.05) is 6.54 Å². The van der Waals surface area contributed by atoms with E-state index in [0.717, 1.165) is 29.7 Å². The van der Waals surface area contributed by atoms with Crippen molar-refractivity contribution in [1.29, 1.82) is 0 Å². The number of benzene rings is 1. The van der Waals surface area contributed by atoms with E-state index in [4.69, 9.17) is 23.2 Å². The Labute approximate surface area is 162 Å². The lowest BCUT2D eigenvalue weighted by molar-refractivity contribution is -0.136. The Bertz CT molecular complexity index is 747. The topological polar surface area (TPSA) is 78.5 Å². The normalized spacial score (nSPS) is 20.2. The molecule has 0 radical (unpaired) electrons. The molecule has 1 saturated heterocycles. The molecule has 0 aromatic heterocycles. The minimum absolute atomic E-state index is 0.292. The molecule has 1 heterocycles. The number of amides is 4. The number of imide groups is 1. The lowest BCUT2D eigenvalue weighted by atomic mass is 9.82. The second-order valence-corrected chi connectivity index (χ2v) is 7.74. The molecular weight excluding hydrogens is 377 g/mol. The Kier molecular flexibility index (Phi) is 5.44. The van der Waals surface area contributed by atoms with Crippen LogP contribution in [0.4, 0.5) is 4.79 Å². The summed E-state index contributed by atoms with van der Waals surface area (Å²) in [7, 11) is 0. The molecule has 2 aliphatic rings. The maximum atomic E-state index is 12.7. The van der Waals surface area contributed by atoms with Gasteiger partial charge in [-0.15, -0.1) is 0 Å². The molecule has 0 unspecified atom stereocenters. The number of hydrogen-bond acceptors (Lipinski definition) is 3. The molecule has 1 spiro atoms. The number of nitrogens with one attached hydrogen (secondary N) is 2. The van der Waals surface area contributed by atoms with Gasteiger partial charge in [-0.3, -0.25) is 14.5 Å². The maximum absolute atomic E-state index is 12.7. The number of halogens is 2. The highest BCUT2D eigenvalue weighted by Crippen LogP contribution is 2.33. The van der Waals surface area contributed by atoms with E-state index in [1.54, 1.807) is 25.1 Å². The molecule has 6 nitrogen and oxygen atoms in total. The van der Waals surface area contributed by atoms with Crippen molar-refractivity contribution < 1.29 is 14.4 Å². The average molecular weight is 398 g/mol. The molecule has 4 amide bonds. The van der Waals surface area contributed by atoms with Crippen LogP contribution in [-0.2, 0) is 9.59 Å². The first kappa shape index (κ1) is 19.0. The SMILES string of the molecule is C[C@H](NC(=O)CN1C(=O)NC2(CCCCC2)C1=O)c1ccc(Cl)c(Cl)c1. The monoisotopic (exact) mass is 397 g/mol. The van der Waals surface area contributed by atoms with Crippen molar-refractivity contribution in [2.45, 2.75) is 50.6 Å². The van der Waals surface area contributed by atoms with Gasteiger partial charge in [0.2, 0.25) is 5.91 Å². The van der Waals surface area contributed by atoms with Gasteiger partial charge in [0.05, 0.1) is 16.1 Å². The number of hydrogen-bond donors (Lipinski definition) is 2. The van der Waals surface area contributed by atoms with Crippen molar-refractivity contribution in [3.8, 4) is 0 Å². The van der Waals surface area contributed by atoms with Gasteiger partial charge < -0.3 is 10.6 Å². The molecule has 8 heteroatoms. The van der Waals surface area contributed by atoms with Gasteiger partial charge in [-0.25, -0.2) is 4.79 Å². The number of carbonyl (C=O) groups is 3. The minimum atomic E-state index is -0.815. The summed E-state index contributed by atoms with van der Waals surface area (Å²) in [6.45, 7) is 1.50. The predicted molar refractivity (Wildman–Crippen MR) is 99.1 cm³/mol. The van der Waals surface area contributed by atoms with Crippen molar-refractivity contribution in [3.63, 3.8) is 0 Å². The Morgan fingerprint density at radius 2 is 1.92 bits per heavy atom. The molecular formula is C18H21Cl2N3O3. The first-order valence-electron chi connectivity index (χ1n) is 8.71. The van der Waals surface area contributed by atoms with Crippen LogP contribution < -0.4 is 10.6 Å². The first-order valence-corrected chi connectivity index (χ1v) is 9.46. The smallest absolute Gasteiger partial charge is 0.325 e. The highest BCUT2D eigenvalue weighted by Gasteiger charge is 2.51. The third-order valence-corrected chi connectivity index (χ3v) is 5.81. The zero-order valence-corrected chi connectivity index (χ0v) is 16.0. The van der Waals surface area contributed by atoms with Crippen LogP contribution in [0.15, 0.2) is 18.2 Å². The summed E-state index contributed by atoms with van der Waals surface area (Å²) in [5.74, 6) is -0.695. The van der Waals surface area contributed by atoms with Crippen LogP contribution in [0.25, 0.3) is 0 Å². The van der Waals surface area contributed by atoms with Gasteiger partial charge in [-0.1, -0.05) is 48.5 Å². The van der Waals surface area contributed by atoms with Crippen LogP contribution in [0.1, 0.15) is 50.6 Å². The largest absolute Gasteiger partial charge is 0.348 e. The fourth-order valence-electron chi connectivity index (χ4n) is 3.61. The van der Waals surface area contributed by atoms with Gasteiger partial charge in [0.25, 0.3) is 5.91 Å². The Hall–Kier alpha value is -1.79. The van der Waals surface area contributed by atoms with E-state index >= 15 is 0 Å². The van der Waals surface area contributed by atoms with Gasteiger partial charge in [-0.2, -0.15) is 0 Å². The van der Waals surface area contributed by atoms with Crippen molar-refractivity contribution in [1.82, 2.24) is 15.5 Å². The molecule has 1 atom stereocenters. The fourth-order valence-corrected chi connectivity index (χ4v) is 3.92. The van der Waals surface area contributed by atoms with Crippen molar-refractivity contribution in [3.05, 3.63) is 33.8 Å². The van der Waals surface area contributed by atoms with Gasteiger partial charge in [-0.05, 0) is 37.5 Å². The van der Waals surface area contributed by atoms with Crippen LogP contribution in [0, 0.1) is 0 Å². The highest BCUT2D eigenvalue weighted by atomic mass is 35.5. The van der Waals surface area contributed by atoms with Crippen LogP contribution in [-0.4, -0.2) is 34.8 Å². The average Bonchev–Trinajstić information content (AvgIpc) is 2.82. The number of rotatable bonds is 4. The molecule has 2 N–H and O–H groups in total. The van der Waals surface area contributed by atoms with Crippen LogP contribution in [0.2, 0.25) is 10.0 Å². The Morgan fingerprint density at radius 3 is 2.58 bits per heavy atom. The van der Waals surface area contributed by atoms with E-state index in [1.165, 1.54) is 0 Å². The summed E-state index contributed by atoms with van der Waals surface area (Å²) in [6.07, 6.45) is 4.14. The van der Waals surface area contributed by atoms with E-state index in [-0.39, 0.29) is 18.5 Å². The quantitative estimate of drug-likeness (QED) is 0.763. The number of nitrogens with zero attached hydrogens (tertiary/aromatic N) is 1. The molecule has 1 aromatic carbocycles. The van der Waals surface area contributed by atoms with Crippen LogP contribution in [0.5, 0.6) is 0 Å². The fraction of sp³-hybridized carbons (Fsp3) is 0.500. The summed E-state index contributed by atoms with van der Waals surface area (Å²) < 4.78 is 0. The van der Waals surface area contributed by atoms with Crippen LogP contribution >= 0.6 is 23.2 Å². The molecule has 1 saturated carbocycles. The molecule has 1 aliphatic heterocycles. The van der Waals surface area contributed by atoms with E-state index in [1.807, 2.05) is 0 Å². The van der Waals surface area contributed by atoms with E-state index in [2.05, 4.69) is 10.6 Å². The molecule has 3 rings (SSSR count). The second-order valence-electron chi connectivity index (χ2n) is 6.93. The summed E-state index contributed by atoms with van der Waals surface area (Å²) in [5.41, 5.74) is -0.0287. The third kappa shape index (κ3) is 3.67. The third-order valence-electron chi connectivity index (χ3n) is 5.08. The lowest BCUT2D eigenvalue weighted by Crippen LogP contribution is -2.49. The molecule has 0 bridgehead atoms. The lowest BCUT2D eigenvalue weighted by Gasteiger charge is -2.30. The van der Waals surface area contributed by atoms with E-state index in [0.29, 0.717) is 22.9 Å². The highest BCUT2D eigenvalue weighted by molar-refractivity contribution is 6.42. The second kappa shape index (κ2) is 7.45. The molecule has 26 heavy (non-hydrogen) atoms. The standard InChI is InChI=1S/C18H21Cl2N3O3/c1-11(12-5-6-13(19)14(20)9-12)21-15(24)10-23-16(25)18(22-17(23)26)7-3-2-4-8-18/h5-6,9,11H,2-4,7-8,10H2,1H3,(H,21,24)(H,22,26)/t11-/m0/s1. The summed E-state index contributed by atoms with van der Waals surface area (Å²) >= 11 is 11.9. The molecule has 1 aromatic rings. The van der Waals surface area contributed by atoms with Gasteiger partial charge >= 0.3 is 6.03 Å². The Morgan fingerprint density at radius 1 is 1.23 bits per heavy atom.